The van der Waals surface area contributed by atoms with E-state index in [4.69, 9.17) is 0 Å². The first-order chi connectivity index (χ1) is 8.76. The van der Waals surface area contributed by atoms with Gasteiger partial charge in [-0.3, -0.25) is 4.79 Å². The van der Waals surface area contributed by atoms with Crippen molar-refractivity contribution in [3.63, 3.8) is 0 Å². The van der Waals surface area contributed by atoms with E-state index in [1.54, 1.807) is 27.5 Å². The van der Waals surface area contributed by atoms with Gasteiger partial charge < -0.3 is 9.88 Å². The van der Waals surface area contributed by atoms with Gasteiger partial charge in [0.05, 0.1) is 6.20 Å². The molecule has 5 nitrogen and oxygen atoms in total. The van der Waals surface area contributed by atoms with E-state index < -0.39 is 0 Å². The molecule has 98 valence electrons. The average Bonchev–Trinajstić information content (AvgIpc) is 2.86. The fraction of sp³-hybridized carbons (Fsp3) is 0.538. The van der Waals surface area contributed by atoms with Crippen molar-refractivity contribution in [2.24, 2.45) is 0 Å². The minimum atomic E-state index is 0.0201. The molecule has 2 aromatic rings. The SMILES string of the molecule is CCCNC(CC)Cn1ccn2nccc2c1=O. The van der Waals surface area contributed by atoms with E-state index in [9.17, 15) is 4.79 Å². The average molecular weight is 248 g/mol. The molecule has 0 aliphatic rings. The number of hydrogen-bond donors (Lipinski definition) is 1. The van der Waals surface area contributed by atoms with Crippen molar-refractivity contribution in [1.29, 1.82) is 0 Å². The highest BCUT2D eigenvalue weighted by molar-refractivity contribution is 5.42. The van der Waals surface area contributed by atoms with E-state index >= 15 is 0 Å². The zero-order valence-corrected chi connectivity index (χ0v) is 11.0. The molecule has 0 aromatic carbocycles. The zero-order chi connectivity index (χ0) is 13.0. The van der Waals surface area contributed by atoms with Crippen LogP contribution in [0.3, 0.4) is 0 Å². The third kappa shape index (κ3) is 2.61. The van der Waals surface area contributed by atoms with Gasteiger partial charge in [-0.15, -0.1) is 0 Å². The number of nitrogens with one attached hydrogen (secondary N) is 1. The van der Waals surface area contributed by atoms with Gasteiger partial charge in [-0.25, -0.2) is 4.52 Å². The number of hydrogen-bond acceptors (Lipinski definition) is 3. The molecule has 0 fully saturated rings. The Balaban J connectivity index is 2.20. The molecule has 0 amide bonds. The van der Waals surface area contributed by atoms with Gasteiger partial charge in [-0.05, 0) is 25.5 Å². The third-order valence-corrected chi connectivity index (χ3v) is 3.13. The summed E-state index contributed by atoms with van der Waals surface area (Å²) >= 11 is 0. The van der Waals surface area contributed by atoms with Crippen LogP contribution in [0.25, 0.3) is 5.52 Å². The maximum Gasteiger partial charge on any atom is 0.276 e. The predicted molar refractivity (Wildman–Crippen MR) is 71.8 cm³/mol. The Bertz CT molecular complexity index is 557. The van der Waals surface area contributed by atoms with Crippen LogP contribution < -0.4 is 10.9 Å². The summed E-state index contributed by atoms with van der Waals surface area (Å²) in [5.41, 5.74) is 0.648. The van der Waals surface area contributed by atoms with Crippen LogP contribution in [0, 0.1) is 0 Å². The Kier molecular flexibility index (Phi) is 4.15. The van der Waals surface area contributed by atoms with Crippen LogP contribution in [0.4, 0.5) is 0 Å². The van der Waals surface area contributed by atoms with Crippen LogP contribution in [0.1, 0.15) is 26.7 Å². The first-order valence-corrected chi connectivity index (χ1v) is 6.52. The summed E-state index contributed by atoms with van der Waals surface area (Å²) < 4.78 is 3.37. The maximum absolute atomic E-state index is 12.2. The van der Waals surface area contributed by atoms with Crippen LogP contribution in [0.15, 0.2) is 29.5 Å². The second-order valence-electron chi connectivity index (χ2n) is 4.48. The van der Waals surface area contributed by atoms with Gasteiger partial charge >= 0.3 is 0 Å². The van der Waals surface area contributed by atoms with Gasteiger partial charge in [0, 0.05) is 25.0 Å². The molecule has 1 unspecified atom stereocenters. The zero-order valence-electron chi connectivity index (χ0n) is 11.0. The highest BCUT2D eigenvalue weighted by Gasteiger charge is 2.09. The van der Waals surface area contributed by atoms with Gasteiger partial charge in [0.15, 0.2) is 0 Å². The highest BCUT2D eigenvalue weighted by atomic mass is 16.1. The molecular formula is C13H20N4O. The Labute approximate surface area is 106 Å². The number of nitrogens with zero attached hydrogens (tertiary/aromatic N) is 3. The van der Waals surface area contributed by atoms with Gasteiger partial charge in [0.25, 0.3) is 5.56 Å². The maximum atomic E-state index is 12.2. The fourth-order valence-corrected chi connectivity index (χ4v) is 2.03. The molecule has 5 heteroatoms. The fourth-order valence-electron chi connectivity index (χ4n) is 2.03. The minimum Gasteiger partial charge on any atom is -0.312 e. The smallest absolute Gasteiger partial charge is 0.276 e. The molecule has 2 rings (SSSR count). The summed E-state index contributed by atoms with van der Waals surface area (Å²) in [5.74, 6) is 0. The molecule has 0 saturated carbocycles. The molecule has 0 spiro atoms. The number of rotatable bonds is 6. The Morgan fingerprint density at radius 3 is 2.94 bits per heavy atom. The molecule has 2 heterocycles. The first kappa shape index (κ1) is 12.8. The van der Waals surface area contributed by atoms with Gasteiger partial charge in [-0.1, -0.05) is 13.8 Å². The Hall–Kier alpha value is -1.62. The van der Waals surface area contributed by atoms with Crippen LogP contribution in [0.5, 0.6) is 0 Å². The molecule has 0 aliphatic heterocycles. The van der Waals surface area contributed by atoms with E-state index in [1.165, 1.54) is 0 Å². The van der Waals surface area contributed by atoms with Crippen LogP contribution in [-0.2, 0) is 6.54 Å². The molecule has 0 saturated heterocycles. The summed E-state index contributed by atoms with van der Waals surface area (Å²) in [6.07, 6.45) is 7.39. The van der Waals surface area contributed by atoms with Crippen LogP contribution in [-0.4, -0.2) is 26.8 Å². The van der Waals surface area contributed by atoms with Crippen molar-refractivity contribution in [3.8, 4) is 0 Å². The van der Waals surface area contributed by atoms with Crippen LogP contribution >= 0.6 is 0 Å². The van der Waals surface area contributed by atoms with Gasteiger partial charge in [0.2, 0.25) is 0 Å². The highest BCUT2D eigenvalue weighted by Crippen LogP contribution is 1.98. The van der Waals surface area contributed by atoms with Crippen molar-refractivity contribution in [2.45, 2.75) is 39.3 Å². The summed E-state index contributed by atoms with van der Waals surface area (Å²) in [4.78, 5) is 12.2. The lowest BCUT2D eigenvalue weighted by Crippen LogP contribution is -2.36. The normalized spacial score (nSPS) is 13.0. The standard InChI is InChI=1S/C13H20N4O/c1-3-6-14-11(4-2)10-16-8-9-17-12(13(16)18)5-7-15-17/h5,7-9,11,14H,3-4,6,10H2,1-2H3. The lowest BCUT2D eigenvalue weighted by atomic mass is 10.2. The molecule has 1 N–H and O–H groups in total. The lowest BCUT2D eigenvalue weighted by Gasteiger charge is -2.17. The minimum absolute atomic E-state index is 0.0201. The van der Waals surface area contributed by atoms with E-state index in [1.807, 2.05) is 6.20 Å². The van der Waals surface area contributed by atoms with Crippen molar-refractivity contribution in [1.82, 2.24) is 19.5 Å². The monoisotopic (exact) mass is 248 g/mol. The van der Waals surface area contributed by atoms with Crippen molar-refractivity contribution in [2.75, 3.05) is 6.54 Å². The Morgan fingerprint density at radius 2 is 2.22 bits per heavy atom. The second kappa shape index (κ2) is 5.82. The topological polar surface area (TPSA) is 51.3 Å². The molecule has 2 aromatic heterocycles. The largest absolute Gasteiger partial charge is 0.312 e. The Morgan fingerprint density at radius 1 is 1.39 bits per heavy atom. The predicted octanol–water partition coefficient (Wildman–Crippen LogP) is 1.27. The molecule has 1 atom stereocenters. The quantitative estimate of drug-likeness (QED) is 0.837. The van der Waals surface area contributed by atoms with E-state index in [-0.39, 0.29) is 5.56 Å². The van der Waals surface area contributed by atoms with Gasteiger partial charge in [0.1, 0.15) is 5.52 Å². The third-order valence-electron chi connectivity index (χ3n) is 3.13. The summed E-state index contributed by atoms with van der Waals surface area (Å²) in [7, 11) is 0. The van der Waals surface area contributed by atoms with E-state index in [2.05, 4.69) is 24.3 Å². The summed E-state index contributed by atoms with van der Waals surface area (Å²) in [6, 6.07) is 2.09. The molecular weight excluding hydrogens is 228 g/mol. The van der Waals surface area contributed by atoms with Crippen molar-refractivity contribution >= 4 is 5.52 Å². The van der Waals surface area contributed by atoms with Crippen molar-refractivity contribution in [3.05, 3.63) is 35.0 Å². The van der Waals surface area contributed by atoms with Crippen LogP contribution in [0.2, 0.25) is 0 Å². The summed E-state index contributed by atoms with van der Waals surface area (Å²) in [5, 5.41) is 7.51. The number of fused-ring (bicyclic) bond motifs is 1. The molecule has 0 aliphatic carbocycles. The van der Waals surface area contributed by atoms with Crippen molar-refractivity contribution < 1.29 is 0 Å². The summed E-state index contributed by atoms with van der Waals surface area (Å²) in [6.45, 7) is 5.97. The molecule has 0 bridgehead atoms. The molecule has 18 heavy (non-hydrogen) atoms. The first-order valence-electron chi connectivity index (χ1n) is 6.52. The number of aromatic nitrogens is 3. The van der Waals surface area contributed by atoms with E-state index in [0.717, 1.165) is 19.4 Å². The second-order valence-corrected chi connectivity index (χ2v) is 4.48. The molecule has 0 radical (unpaired) electrons. The van der Waals surface area contributed by atoms with E-state index in [0.29, 0.717) is 18.1 Å². The van der Waals surface area contributed by atoms with Gasteiger partial charge in [-0.2, -0.15) is 5.10 Å². The lowest BCUT2D eigenvalue weighted by molar-refractivity contribution is 0.431.